The van der Waals surface area contributed by atoms with Gasteiger partial charge in [-0.05, 0) is 19.1 Å². The van der Waals surface area contributed by atoms with Crippen molar-refractivity contribution in [2.24, 2.45) is 0 Å². The third-order valence-corrected chi connectivity index (χ3v) is 2.35. The number of aromatic nitrogens is 2. The van der Waals surface area contributed by atoms with Gasteiger partial charge in [0.05, 0.1) is 5.69 Å². The fourth-order valence-electron chi connectivity index (χ4n) is 1.55. The van der Waals surface area contributed by atoms with Crippen LogP contribution in [0.25, 0.3) is 11.4 Å². The molecule has 0 saturated carbocycles. The minimum Gasteiger partial charge on any atom is -0.382 e. The smallest absolute Gasteiger partial charge is 0.162 e. The molecule has 90 valence electrons. The Hall–Kier alpha value is -2.55. The first-order valence-electron chi connectivity index (χ1n) is 5.02. The number of nitrogen functional groups attached to an aromatic ring is 1. The molecule has 18 heavy (non-hydrogen) atoms. The zero-order valence-corrected chi connectivity index (χ0v) is 9.41. The van der Waals surface area contributed by atoms with Gasteiger partial charge in [-0.2, -0.15) is 5.26 Å². The number of nitrogens with two attached hydrogens (primary N) is 1. The summed E-state index contributed by atoms with van der Waals surface area (Å²) in [6, 6.07) is 4.82. The number of hydrogen-bond acceptors (Lipinski definition) is 4. The van der Waals surface area contributed by atoms with Crippen molar-refractivity contribution >= 4 is 5.82 Å². The average molecular weight is 246 g/mol. The molecule has 4 nitrogen and oxygen atoms in total. The van der Waals surface area contributed by atoms with Gasteiger partial charge < -0.3 is 5.73 Å². The molecule has 2 aromatic rings. The van der Waals surface area contributed by atoms with Gasteiger partial charge in [0.1, 0.15) is 29.1 Å². The van der Waals surface area contributed by atoms with E-state index in [1.54, 1.807) is 6.92 Å². The Morgan fingerprint density at radius 2 is 1.78 bits per heavy atom. The number of nitriles is 1. The van der Waals surface area contributed by atoms with Crippen molar-refractivity contribution in [3.63, 3.8) is 0 Å². The molecule has 0 amide bonds. The van der Waals surface area contributed by atoms with Gasteiger partial charge in [-0.3, -0.25) is 0 Å². The van der Waals surface area contributed by atoms with Crippen molar-refractivity contribution in [2.75, 3.05) is 5.73 Å². The maximum atomic E-state index is 13.1. The van der Waals surface area contributed by atoms with E-state index >= 15 is 0 Å². The topological polar surface area (TPSA) is 75.6 Å². The van der Waals surface area contributed by atoms with Crippen LogP contribution in [0.5, 0.6) is 0 Å². The van der Waals surface area contributed by atoms with E-state index in [2.05, 4.69) is 9.97 Å². The molecule has 0 radical (unpaired) electrons. The second kappa shape index (κ2) is 4.37. The zero-order chi connectivity index (χ0) is 13.3. The average Bonchev–Trinajstić information content (AvgIpc) is 2.27. The van der Waals surface area contributed by atoms with Crippen LogP contribution in [0.1, 0.15) is 11.3 Å². The number of anilines is 1. The monoisotopic (exact) mass is 246 g/mol. The van der Waals surface area contributed by atoms with Gasteiger partial charge in [-0.25, -0.2) is 18.7 Å². The quantitative estimate of drug-likeness (QED) is 0.836. The lowest BCUT2D eigenvalue weighted by molar-refractivity contribution is 0.584. The lowest BCUT2D eigenvalue weighted by Gasteiger charge is -2.05. The lowest BCUT2D eigenvalue weighted by atomic mass is 10.1. The molecule has 1 heterocycles. The molecule has 0 spiro atoms. The summed E-state index contributed by atoms with van der Waals surface area (Å²) in [4.78, 5) is 7.88. The fraction of sp³-hybridized carbons (Fsp3) is 0.0833. The maximum absolute atomic E-state index is 13.1. The Morgan fingerprint density at radius 3 is 2.28 bits per heavy atom. The number of halogens is 2. The summed E-state index contributed by atoms with van der Waals surface area (Å²) in [5.41, 5.74) is 6.29. The van der Waals surface area contributed by atoms with E-state index in [1.807, 2.05) is 6.07 Å². The molecule has 0 unspecified atom stereocenters. The Bertz CT molecular complexity index is 618. The van der Waals surface area contributed by atoms with Crippen LogP contribution in [-0.2, 0) is 0 Å². The molecule has 0 atom stereocenters. The van der Waals surface area contributed by atoms with Crippen LogP contribution >= 0.6 is 0 Å². The number of hydrogen-bond donors (Lipinski definition) is 1. The first-order valence-corrected chi connectivity index (χ1v) is 5.02. The van der Waals surface area contributed by atoms with Crippen LogP contribution < -0.4 is 5.73 Å². The highest BCUT2D eigenvalue weighted by molar-refractivity contribution is 5.61. The molecule has 0 bridgehead atoms. The second-order valence-corrected chi connectivity index (χ2v) is 3.66. The standard InChI is InChI=1S/C12H8F2N4/c1-6-10(5-15)11(16)18-12(17-6)7-2-8(13)4-9(14)3-7/h2-4H,1H3,(H2,16,17,18). The van der Waals surface area contributed by atoms with Crippen LogP contribution in [0.4, 0.5) is 14.6 Å². The van der Waals surface area contributed by atoms with Crippen LogP contribution in [-0.4, -0.2) is 9.97 Å². The Labute approximate surface area is 102 Å². The molecule has 0 aliphatic heterocycles. The van der Waals surface area contributed by atoms with Crippen molar-refractivity contribution in [1.29, 1.82) is 5.26 Å². The SMILES string of the molecule is Cc1nc(-c2cc(F)cc(F)c2)nc(N)c1C#N. The number of aryl methyl sites for hydroxylation is 1. The first kappa shape index (κ1) is 11.9. The molecule has 1 aromatic heterocycles. The number of benzene rings is 1. The van der Waals surface area contributed by atoms with E-state index in [0.29, 0.717) is 5.69 Å². The molecule has 0 aliphatic rings. The summed E-state index contributed by atoms with van der Waals surface area (Å²) in [6.07, 6.45) is 0. The van der Waals surface area contributed by atoms with Crippen molar-refractivity contribution in [1.82, 2.24) is 9.97 Å². The van der Waals surface area contributed by atoms with Crippen molar-refractivity contribution < 1.29 is 8.78 Å². The maximum Gasteiger partial charge on any atom is 0.162 e. The summed E-state index contributed by atoms with van der Waals surface area (Å²) in [6.45, 7) is 1.58. The normalized spacial score (nSPS) is 10.1. The summed E-state index contributed by atoms with van der Waals surface area (Å²) in [5, 5.41) is 8.82. The van der Waals surface area contributed by atoms with Gasteiger partial charge in [0.15, 0.2) is 5.82 Å². The molecular weight excluding hydrogens is 238 g/mol. The van der Waals surface area contributed by atoms with E-state index in [-0.39, 0.29) is 22.8 Å². The Kier molecular flexibility index (Phi) is 2.90. The van der Waals surface area contributed by atoms with E-state index < -0.39 is 11.6 Å². The number of rotatable bonds is 1. The van der Waals surface area contributed by atoms with Crippen LogP contribution in [0.15, 0.2) is 18.2 Å². The molecule has 2 rings (SSSR count). The largest absolute Gasteiger partial charge is 0.382 e. The van der Waals surface area contributed by atoms with E-state index in [1.165, 1.54) is 0 Å². The van der Waals surface area contributed by atoms with E-state index in [4.69, 9.17) is 11.0 Å². The van der Waals surface area contributed by atoms with Crippen molar-refractivity contribution in [3.8, 4) is 17.5 Å². The Balaban J connectivity index is 2.62. The van der Waals surface area contributed by atoms with Crippen LogP contribution in [0.2, 0.25) is 0 Å². The van der Waals surface area contributed by atoms with Gasteiger partial charge in [-0.1, -0.05) is 0 Å². The molecule has 2 N–H and O–H groups in total. The van der Waals surface area contributed by atoms with Gasteiger partial charge in [0.2, 0.25) is 0 Å². The Morgan fingerprint density at radius 1 is 1.17 bits per heavy atom. The second-order valence-electron chi connectivity index (χ2n) is 3.66. The van der Waals surface area contributed by atoms with Crippen LogP contribution in [0.3, 0.4) is 0 Å². The van der Waals surface area contributed by atoms with Gasteiger partial charge >= 0.3 is 0 Å². The predicted octanol–water partition coefficient (Wildman–Crippen LogP) is 2.18. The molecule has 6 heteroatoms. The lowest BCUT2D eigenvalue weighted by Crippen LogP contribution is -2.03. The zero-order valence-electron chi connectivity index (χ0n) is 9.41. The molecule has 0 saturated heterocycles. The highest BCUT2D eigenvalue weighted by Gasteiger charge is 2.11. The van der Waals surface area contributed by atoms with Crippen molar-refractivity contribution in [2.45, 2.75) is 6.92 Å². The first-order chi connectivity index (χ1) is 8.51. The van der Waals surface area contributed by atoms with Gasteiger partial charge in [0, 0.05) is 11.6 Å². The third kappa shape index (κ3) is 2.11. The molecule has 0 aliphatic carbocycles. The van der Waals surface area contributed by atoms with Crippen LogP contribution in [0, 0.1) is 29.9 Å². The molecule has 0 fully saturated rings. The molecule has 1 aromatic carbocycles. The third-order valence-electron chi connectivity index (χ3n) is 2.35. The fourth-order valence-corrected chi connectivity index (χ4v) is 1.55. The highest BCUT2D eigenvalue weighted by atomic mass is 19.1. The van der Waals surface area contributed by atoms with Gasteiger partial charge in [0.25, 0.3) is 0 Å². The van der Waals surface area contributed by atoms with E-state index in [9.17, 15) is 8.78 Å². The molecular formula is C12H8F2N4. The summed E-state index contributed by atoms with van der Waals surface area (Å²) < 4.78 is 26.2. The summed E-state index contributed by atoms with van der Waals surface area (Å²) >= 11 is 0. The number of nitrogens with zero attached hydrogens (tertiary/aromatic N) is 3. The van der Waals surface area contributed by atoms with Crippen molar-refractivity contribution in [3.05, 3.63) is 41.1 Å². The minimum absolute atomic E-state index is 0.00957. The van der Waals surface area contributed by atoms with E-state index in [0.717, 1.165) is 18.2 Å². The summed E-state index contributed by atoms with van der Waals surface area (Å²) in [7, 11) is 0. The minimum atomic E-state index is -0.728. The summed E-state index contributed by atoms with van der Waals surface area (Å²) in [5.74, 6) is -1.38. The predicted molar refractivity (Wildman–Crippen MR) is 61.2 cm³/mol. The van der Waals surface area contributed by atoms with Gasteiger partial charge in [-0.15, -0.1) is 0 Å². The highest BCUT2D eigenvalue weighted by Crippen LogP contribution is 2.21.